The lowest BCUT2D eigenvalue weighted by Gasteiger charge is -2.23. The van der Waals surface area contributed by atoms with Crippen LogP contribution in [0.5, 0.6) is 0 Å². The molecule has 4 nitrogen and oxygen atoms in total. The molecular weight excluding hydrogens is 202 g/mol. The van der Waals surface area contributed by atoms with E-state index in [-0.39, 0.29) is 24.0 Å². The summed E-state index contributed by atoms with van der Waals surface area (Å²) in [4.78, 5) is 13.9. The van der Waals surface area contributed by atoms with Crippen LogP contribution in [0, 0.1) is 11.3 Å². The van der Waals surface area contributed by atoms with Crippen LogP contribution in [-0.2, 0) is 4.79 Å². The number of hydrogen-bond acceptors (Lipinski definition) is 3. The van der Waals surface area contributed by atoms with Crippen LogP contribution in [0.15, 0.2) is 12.7 Å². The second kappa shape index (κ2) is 4.67. The van der Waals surface area contributed by atoms with Crippen molar-refractivity contribution in [1.82, 2.24) is 10.2 Å². The summed E-state index contributed by atoms with van der Waals surface area (Å²) in [5.74, 6) is 0.0911. The van der Waals surface area contributed by atoms with Crippen molar-refractivity contribution in [3.05, 3.63) is 12.7 Å². The molecule has 2 saturated heterocycles. The van der Waals surface area contributed by atoms with E-state index in [1.165, 1.54) is 0 Å². The van der Waals surface area contributed by atoms with Crippen molar-refractivity contribution >= 4 is 5.91 Å². The molecule has 2 fully saturated rings. The maximum atomic E-state index is 12.2. The van der Waals surface area contributed by atoms with E-state index in [1.807, 2.05) is 6.08 Å². The van der Waals surface area contributed by atoms with Crippen molar-refractivity contribution in [2.45, 2.75) is 43.8 Å². The molecule has 0 bridgehead atoms. The van der Waals surface area contributed by atoms with E-state index >= 15 is 0 Å². The smallest absolute Gasteiger partial charge is 0.240 e. The Bertz CT molecular complexity index is 334. The lowest BCUT2D eigenvalue weighted by Crippen LogP contribution is -2.46. The Kier molecular flexibility index (Phi) is 3.25. The molecule has 0 radical (unpaired) electrons. The number of rotatable bonds is 2. The highest BCUT2D eigenvalue weighted by molar-refractivity contribution is 5.83. The first-order valence-electron chi connectivity index (χ1n) is 5.85. The highest BCUT2D eigenvalue weighted by atomic mass is 16.2. The van der Waals surface area contributed by atoms with Crippen molar-refractivity contribution < 1.29 is 4.79 Å². The second-order valence-corrected chi connectivity index (χ2v) is 4.46. The lowest BCUT2D eigenvalue weighted by atomic mass is 10.1. The highest BCUT2D eigenvalue weighted by Crippen LogP contribution is 2.21. The molecule has 3 atom stereocenters. The number of nitrogens with one attached hydrogen (secondary N) is 1. The number of nitriles is 1. The fourth-order valence-corrected chi connectivity index (χ4v) is 2.52. The molecule has 86 valence electrons. The fourth-order valence-electron chi connectivity index (χ4n) is 2.52. The molecule has 0 aliphatic carbocycles. The molecule has 2 heterocycles. The van der Waals surface area contributed by atoms with Crippen LogP contribution < -0.4 is 5.32 Å². The Hall–Kier alpha value is -1.34. The van der Waals surface area contributed by atoms with Crippen LogP contribution in [0.25, 0.3) is 0 Å². The van der Waals surface area contributed by atoms with Gasteiger partial charge in [0.05, 0.1) is 12.1 Å². The second-order valence-electron chi connectivity index (χ2n) is 4.46. The monoisotopic (exact) mass is 219 g/mol. The number of amides is 1. The van der Waals surface area contributed by atoms with Gasteiger partial charge < -0.3 is 4.90 Å². The van der Waals surface area contributed by atoms with Gasteiger partial charge in [-0.25, -0.2) is 0 Å². The first kappa shape index (κ1) is 11.2. The van der Waals surface area contributed by atoms with Gasteiger partial charge in [0.15, 0.2) is 0 Å². The third-order valence-electron chi connectivity index (χ3n) is 3.45. The summed E-state index contributed by atoms with van der Waals surface area (Å²) in [5.41, 5.74) is 0. The Morgan fingerprint density at radius 2 is 2.31 bits per heavy atom. The number of hydrogen-bond donors (Lipinski definition) is 1. The molecule has 0 aromatic heterocycles. The average molecular weight is 219 g/mol. The molecule has 0 unspecified atom stereocenters. The zero-order valence-electron chi connectivity index (χ0n) is 9.35. The zero-order chi connectivity index (χ0) is 11.5. The summed E-state index contributed by atoms with van der Waals surface area (Å²) in [6.45, 7) is 4.46. The van der Waals surface area contributed by atoms with Gasteiger partial charge in [0.2, 0.25) is 5.91 Å². The van der Waals surface area contributed by atoms with Gasteiger partial charge in [-0.2, -0.15) is 5.26 Å². The van der Waals surface area contributed by atoms with Gasteiger partial charge in [-0.15, -0.1) is 6.58 Å². The predicted molar refractivity (Wildman–Crippen MR) is 60.5 cm³/mol. The summed E-state index contributed by atoms with van der Waals surface area (Å²) in [6, 6.07) is 2.12. The Labute approximate surface area is 95.9 Å². The van der Waals surface area contributed by atoms with Gasteiger partial charge >= 0.3 is 0 Å². The lowest BCUT2D eigenvalue weighted by molar-refractivity contribution is -0.133. The van der Waals surface area contributed by atoms with Crippen molar-refractivity contribution in [1.29, 1.82) is 5.26 Å². The van der Waals surface area contributed by atoms with Gasteiger partial charge in [0, 0.05) is 12.6 Å². The number of nitrogens with zero attached hydrogens (tertiary/aromatic N) is 2. The largest absolute Gasteiger partial charge is 0.325 e. The minimum absolute atomic E-state index is 0.0911. The highest BCUT2D eigenvalue weighted by Gasteiger charge is 2.35. The Morgan fingerprint density at radius 1 is 1.50 bits per heavy atom. The molecule has 2 rings (SSSR count). The Morgan fingerprint density at radius 3 is 2.94 bits per heavy atom. The van der Waals surface area contributed by atoms with E-state index in [0.717, 1.165) is 32.2 Å². The molecule has 0 aromatic rings. The molecule has 0 aromatic carbocycles. The fraction of sp³-hybridized carbons (Fsp3) is 0.667. The standard InChI is InChI=1S/C12H17N3O/c1-2-9-5-6-11(14-9)12(16)15-7-3-4-10(15)8-13/h2,9-11,14H,1,3-7H2/t9-,10+,11+/m1/s1. The van der Waals surface area contributed by atoms with Crippen LogP contribution in [0.2, 0.25) is 0 Å². The van der Waals surface area contributed by atoms with Crippen molar-refractivity contribution in [2.24, 2.45) is 0 Å². The summed E-state index contributed by atoms with van der Waals surface area (Å²) in [7, 11) is 0. The van der Waals surface area contributed by atoms with Crippen molar-refractivity contribution in [3.8, 4) is 6.07 Å². The minimum atomic E-state index is -0.211. The van der Waals surface area contributed by atoms with Gasteiger partial charge in [0.25, 0.3) is 0 Å². The predicted octanol–water partition coefficient (Wildman–Crippen LogP) is 0.808. The summed E-state index contributed by atoms with van der Waals surface area (Å²) in [5, 5.41) is 12.2. The molecule has 1 amide bonds. The maximum absolute atomic E-state index is 12.2. The molecular formula is C12H17N3O. The van der Waals surface area contributed by atoms with E-state index in [2.05, 4.69) is 18.0 Å². The van der Waals surface area contributed by atoms with Gasteiger partial charge in [-0.05, 0) is 25.7 Å². The van der Waals surface area contributed by atoms with E-state index in [0.29, 0.717) is 0 Å². The van der Waals surface area contributed by atoms with Crippen LogP contribution in [0.1, 0.15) is 25.7 Å². The molecule has 16 heavy (non-hydrogen) atoms. The average Bonchev–Trinajstić information content (AvgIpc) is 2.96. The third-order valence-corrected chi connectivity index (χ3v) is 3.45. The first-order chi connectivity index (χ1) is 7.76. The van der Waals surface area contributed by atoms with Gasteiger partial charge in [-0.1, -0.05) is 6.08 Å². The van der Waals surface area contributed by atoms with E-state index in [9.17, 15) is 4.79 Å². The zero-order valence-corrected chi connectivity index (χ0v) is 9.35. The number of likely N-dealkylation sites (tertiary alicyclic amines) is 1. The number of carbonyl (C=O) groups excluding carboxylic acids is 1. The Balaban J connectivity index is 1.98. The van der Waals surface area contributed by atoms with Crippen LogP contribution in [-0.4, -0.2) is 35.5 Å². The summed E-state index contributed by atoms with van der Waals surface area (Å²) in [6.07, 6.45) is 5.43. The first-order valence-corrected chi connectivity index (χ1v) is 5.85. The molecule has 1 N–H and O–H groups in total. The molecule has 2 aliphatic rings. The van der Waals surface area contributed by atoms with E-state index in [1.54, 1.807) is 4.90 Å². The number of carbonyl (C=O) groups is 1. The normalized spacial score (nSPS) is 33.7. The molecule has 2 aliphatic heterocycles. The quantitative estimate of drug-likeness (QED) is 0.699. The maximum Gasteiger partial charge on any atom is 0.240 e. The van der Waals surface area contributed by atoms with Crippen molar-refractivity contribution in [2.75, 3.05) is 6.54 Å². The van der Waals surface area contributed by atoms with Crippen molar-refractivity contribution in [3.63, 3.8) is 0 Å². The van der Waals surface area contributed by atoms with Crippen LogP contribution in [0.3, 0.4) is 0 Å². The molecule has 0 saturated carbocycles. The van der Waals surface area contributed by atoms with E-state index < -0.39 is 0 Å². The van der Waals surface area contributed by atoms with E-state index in [4.69, 9.17) is 5.26 Å². The third kappa shape index (κ3) is 1.96. The minimum Gasteiger partial charge on any atom is -0.325 e. The van der Waals surface area contributed by atoms with Crippen LogP contribution >= 0.6 is 0 Å². The SMILES string of the molecule is C=C[C@@H]1CC[C@@H](C(=O)N2CCC[C@H]2C#N)N1. The summed E-state index contributed by atoms with van der Waals surface area (Å²) >= 11 is 0. The van der Waals surface area contributed by atoms with Gasteiger partial charge in [-0.3, -0.25) is 10.1 Å². The van der Waals surface area contributed by atoms with Gasteiger partial charge in [0.1, 0.15) is 6.04 Å². The molecule has 4 heteroatoms. The molecule has 0 spiro atoms. The topological polar surface area (TPSA) is 56.1 Å². The summed E-state index contributed by atoms with van der Waals surface area (Å²) < 4.78 is 0. The van der Waals surface area contributed by atoms with Crippen LogP contribution in [0.4, 0.5) is 0 Å².